The van der Waals surface area contributed by atoms with Crippen LogP contribution in [0.25, 0.3) is 33.2 Å². The molecule has 35 heavy (non-hydrogen) atoms. The average Bonchev–Trinajstić information content (AvgIpc) is 3.33. The van der Waals surface area contributed by atoms with Crippen LogP contribution in [0.15, 0.2) is 85.3 Å². The summed E-state index contributed by atoms with van der Waals surface area (Å²) in [6.07, 6.45) is 3.14. The number of para-hydroxylation sites is 2. The van der Waals surface area contributed by atoms with Crippen LogP contribution in [-0.2, 0) is 0 Å². The van der Waals surface area contributed by atoms with Gasteiger partial charge in [-0.2, -0.15) is 4.98 Å². The normalized spacial score (nSPS) is 11.0. The van der Waals surface area contributed by atoms with Crippen molar-refractivity contribution in [3.05, 3.63) is 85.3 Å². The summed E-state index contributed by atoms with van der Waals surface area (Å²) < 4.78 is 6.32. The van der Waals surface area contributed by atoms with Gasteiger partial charge in [-0.1, -0.05) is 36.4 Å². The fraction of sp³-hybridized carbons (Fsp3) is 0.0385. The summed E-state index contributed by atoms with van der Waals surface area (Å²) >= 11 is 0. The van der Waals surface area contributed by atoms with E-state index in [4.69, 9.17) is 4.74 Å². The summed E-state index contributed by atoms with van der Waals surface area (Å²) in [4.78, 5) is 25.2. The van der Waals surface area contributed by atoms with Gasteiger partial charge in [0.25, 0.3) is 0 Å². The van der Waals surface area contributed by atoms with Crippen LogP contribution in [0.5, 0.6) is 11.6 Å². The van der Waals surface area contributed by atoms with Gasteiger partial charge in [0.15, 0.2) is 5.82 Å². The molecular weight excluding hydrogens is 440 g/mol. The summed E-state index contributed by atoms with van der Waals surface area (Å²) in [7, 11) is 1.76. The minimum absolute atomic E-state index is 0.406. The number of hydrogen-bond acceptors (Lipinski definition) is 8. The van der Waals surface area contributed by atoms with Crippen LogP contribution >= 0.6 is 0 Å². The number of imidazole rings is 1. The molecule has 0 saturated heterocycles. The molecule has 3 heterocycles. The van der Waals surface area contributed by atoms with E-state index in [9.17, 15) is 0 Å². The fourth-order valence-corrected chi connectivity index (χ4v) is 3.90. The molecule has 0 amide bonds. The Morgan fingerprint density at radius 3 is 2.54 bits per heavy atom. The number of nitrogens with zero attached hydrogens (tertiary/aromatic N) is 5. The zero-order chi connectivity index (χ0) is 23.6. The third-order valence-corrected chi connectivity index (χ3v) is 5.54. The van der Waals surface area contributed by atoms with Gasteiger partial charge in [0.05, 0.1) is 16.6 Å². The van der Waals surface area contributed by atoms with Crippen molar-refractivity contribution in [2.75, 3.05) is 17.7 Å². The predicted octanol–water partition coefficient (Wildman–Crippen LogP) is 5.54. The first kappa shape index (κ1) is 20.5. The number of anilines is 3. The monoisotopic (exact) mass is 460 g/mol. The third-order valence-electron chi connectivity index (χ3n) is 5.54. The van der Waals surface area contributed by atoms with E-state index < -0.39 is 0 Å². The Kier molecular flexibility index (Phi) is 5.12. The number of hydrogen-bond donors (Lipinski definition) is 3. The van der Waals surface area contributed by atoms with Crippen molar-refractivity contribution in [2.45, 2.75) is 0 Å². The standard InChI is InChI=1S/C26H20N8O/c1-27-25-30-15-29-23(34-25)18-9-6-14-28-24(18)35-22-13-12-19(16-7-2-3-8-17(16)22)31-26-32-20-10-4-5-11-21(20)33-26/h2-15H,1H3,(H2,31,32,33)(H,27,29,30,34). The lowest BCUT2D eigenvalue weighted by atomic mass is 10.1. The maximum atomic E-state index is 6.32. The van der Waals surface area contributed by atoms with Gasteiger partial charge in [0.2, 0.25) is 17.8 Å². The first-order valence-electron chi connectivity index (χ1n) is 11.0. The second kappa shape index (κ2) is 8.71. The second-order valence-electron chi connectivity index (χ2n) is 7.73. The van der Waals surface area contributed by atoms with Crippen LogP contribution in [-0.4, -0.2) is 37.0 Å². The summed E-state index contributed by atoms with van der Waals surface area (Å²) in [6.45, 7) is 0. The molecule has 6 aromatic rings. The van der Waals surface area contributed by atoms with Crippen molar-refractivity contribution in [2.24, 2.45) is 0 Å². The molecule has 0 atom stereocenters. The number of H-pyrrole nitrogens is 1. The second-order valence-corrected chi connectivity index (χ2v) is 7.73. The van der Waals surface area contributed by atoms with E-state index in [1.54, 1.807) is 13.2 Å². The molecule has 0 radical (unpaired) electrons. The molecule has 9 nitrogen and oxygen atoms in total. The topological polar surface area (TPSA) is 114 Å². The molecule has 0 unspecified atom stereocenters. The van der Waals surface area contributed by atoms with Gasteiger partial charge in [-0.25, -0.2) is 19.9 Å². The highest BCUT2D eigenvalue weighted by atomic mass is 16.5. The molecule has 0 spiro atoms. The van der Waals surface area contributed by atoms with Crippen LogP contribution in [0.2, 0.25) is 0 Å². The number of fused-ring (bicyclic) bond motifs is 2. The van der Waals surface area contributed by atoms with Crippen molar-refractivity contribution in [1.29, 1.82) is 0 Å². The Morgan fingerprint density at radius 2 is 1.66 bits per heavy atom. The molecule has 6 rings (SSSR count). The van der Waals surface area contributed by atoms with Crippen LogP contribution < -0.4 is 15.4 Å². The highest BCUT2D eigenvalue weighted by Crippen LogP contribution is 2.37. The smallest absolute Gasteiger partial charge is 0.230 e. The molecule has 9 heteroatoms. The van der Waals surface area contributed by atoms with E-state index >= 15 is 0 Å². The van der Waals surface area contributed by atoms with Crippen molar-refractivity contribution < 1.29 is 4.74 Å². The molecule has 0 fully saturated rings. The first-order valence-corrected chi connectivity index (χ1v) is 11.0. The third kappa shape index (κ3) is 3.95. The lowest BCUT2D eigenvalue weighted by molar-refractivity contribution is 0.470. The van der Waals surface area contributed by atoms with Crippen molar-refractivity contribution in [1.82, 2.24) is 29.9 Å². The van der Waals surface area contributed by atoms with Gasteiger partial charge in [-0.3, -0.25) is 0 Å². The SMILES string of the molecule is CNc1ncnc(-c2cccnc2Oc2ccc(Nc3nc4ccccc4[nH]3)c3ccccc23)n1. The number of aromatic nitrogens is 6. The summed E-state index contributed by atoms with van der Waals surface area (Å²) in [5, 5.41) is 8.25. The van der Waals surface area contributed by atoms with Gasteiger partial charge in [-0.15, -0.1) is 0 Å². The highest BCUT2D eigenvalue weighted by Gasteiger charge is 2.15. The molecule has 0 aliphatic carbocycles. The number of ether oxygens (including phenoxy) is 1. The summed E-state index contributed by atoms with van der Waals surface area (Å²) in [5.41, 5.74) is 3.45. The zero-order valence-electron chi connectivity index (χ0n) is 18.7. The molecule has 170 valence electrons. The van der Waals surface area contributed by atoms with E-state index in [2.05, 4.69) is 40.5 Å². The Labute approximate surface area is 200 Å². The van der Waals surface area contributed by atoms with Gasteiger partial charge in [0.1, 0.15) is 12.1 Å². The Bertz CT molecular complexity index is 1630. The van der Waals surface area contributed by atoms with Crippen molar-refractivity contribution in [3.63, 3.8) is 0 Å². The molecule has 0 bridgehead atoms. The molecule has 0 aliphatic rings. The van der Waals surface area contributed by atoms with Crippen molar-refractivity contribution >= 4 is 39.4 Å². The van der Waals surface area contributed by atoms with Gasteiger partial charge in [0, 0.05) is 29.7 Å². The molecule has 3 aromatic carbocycles. The number of aromatic amines is 1. The Morgan fingerprint density at radius 1 is 0.800 bits per heavy atom. The van der Waals surface area contributed by atoms with E-state index in [1.165, 1.54) is 6.33 Å². The number of nitrogens with one attached hydrogen (secondary N) is 3. The van der Waals surface area contributed by atoms with Crippen LogP contribution in [0.1, 0.15) is 0 Å². The molecule has 0 saturated carbocycles. The van der Waals surface area contributed by atoms with Crippen LogP contribution in [0, 0.1) is 0 Å². The summed E-state index contributed by atoms with van der Waals surface area (Å²) in [5.74, 6) is 2.69. The van der Waals surface area contributed by atoms with Gasteiger partial charge in [-0.05, 0) is 36.4 Å². The lowest BCUT2D eigenvalue weighted by Crippen LogP contribution is -2.01. The maximum absolute atomic E-state index is 6.32. The largest absolute Gasteiger partial charge is 0.438 e. The van der Waals surface area contributed by atoms with E-state index in [0.29, 0.717) is 34.9 Å². The predicted molar refractivity (Wildman–Crippen MR) is 136 cm³/mol. The Hall–Kier alpha value is -5.05. The van der Waals surface area contributed by atoms with E-state index in [0.717, 1.165) is 27.5 Å². The average molecular weight is 461 g/mol. The highest BCUT2D eigenvalue weighted by molar-refractivity contribution is 5.99. The van der Waals surface area contributed by atoms with Crippen molar-refractivity contribution in [3.8, 4) is 23.0 Å². The maximum Gasteiger partial charge on any atom is 0.230 e. The van der Waals surface area contributed by atoms with Gasteiger partial charge < -0.3 is 20.4 Å². The molecular formula is C26H20N8O. The first-order chi connectivity index (χ1) is 17.3. The number of benzene rings is 3. The quantitative estimate of drug-likeness (QED) is 0.297. The van der Waals surface area contributed by atoms with Crippen LogP contribution in [0.4, 0.5) is 17.6 Å². The fourth-order valence-electron chi connectivity index (χ4n) is 3.90. The summed E-state index contributed by atoms with van der Waals surface area (Å²) in [6, 6.07) is 23.5. The van der Waals surface area contributed by atoms with E-state index in [-0.39, 0.29) is 0 Å². The van der Waals surface area contributed by atoms with Gasteiger partial charge >= 0.3 is 0 Å². The molecule has 3 aromatic heterocycles. The zero-order valence-corrected chi connectivity index (χ0v) is 18.7. The molecule has 3 N–H and O–H groups in total. The molecule has 0 aliphatic heterocycles. The van der Waals surface area contributed by atoms with E-state index in [1.807, 2.05) is 72.8 Å². The minimum atomic E-state index is 0.406. The Balaban J connectivity index is 1.37. The number of rotatable bonds is 6. The van der Waals surface area contributed by atoms with Crippen LogP contribution in [0.3, 0.4) is 0 Å². The minimum Gasteiger partial charge on any atom is -0.438 e. The number of pyridine rings is 1. The lowest BCUT2D eigenvalue weighted by Gasteiger charge is -2.14.